The normalized spacial score (nSPS) is 14.0. The number of hydrogen-bond acceptors (Lipinski definition) is 2. The lowest BCUT2D eigenvalue weighted by atomic mass is 10.0. The second kappa shape index (κ2) is 7.13. The van der Waals surface area contributed by atoms with Crippen molar-refractivity contribution in [3.05, 3.63) is 33.8 Å². The van der Waals surface area contributed by atoms with E-state index >= 15 is 0 Å². The highest BCUT2D eigenvalue weighted by Crippen LogP contribution is 2.28. The van der Waals surface area contributed by atoms with Crippen LogP contribution in [-0.2, 0) is 4.79 Å². The van der Waals surface area contributed by atoms with E-state index in [1.54, 1.807) is 25.1 Å². The Bertz CT molecular complexity index is 449. The molecule has 1 amide bonds. The predicted molar refractivity (Wildman–Crippen MR) is 80.8 cm³/mol. The van der Waals surface area contributed by atoms with E-state index in [-0.39, 0.29) is 18.0 Å². The first kappa shape index (κ1) is 16.3. The molecule has 1 rings (SSSR count). The van der Waals surface area contributed by atoms with Crippen LogP contribution in [0.4, 0.5) is 0 Å². The molecule has 0 aliphatic heterocycles. The molecule has 1 N–H and O–H groups in total. The van der Waals surface area contributed by atoms with Crippen LogP contribution in [0.25, 0.3) is 0 Å². The number of hydrogen-bond donors (Lipinski definition) is 1. The molecule has 0 heterocycles. The van der Waals surface area contributed by atoms with E-state index in [4.69, 9.17) is 23.2 Å². The summed E-state index contributed by atoms with van der Waals surface area (Å²) in [5.74, 6) is 0.0449. The molecule has 3 nitrogen and oxygen atoms in total. The van der Waals surface area contributed by atoms with Crippen molar-refractivity contribution in [3.8, 4) is 0 Å². The summed E-state index contributed by atoms with van der Waals surface area (Å²) in [6.07, 6.45) is 0.840. The minimum absolute atomic E-state index is 0.0312. The van der Waals surface area contributed by atoms with Crippen LogP contribution in [0.3, 0.4) is 0 Å². The molecule has 1 aromatic rings. The highest BCUT2D eigenvalue weighted by Gasteiger charge is 2.20. The second-order valence-corrected chi connectivity index (χ2v) is 5.59. The molecule has 0 aromatic heterocycles. The van der Waals surface area contributed by atoms with Gasteiger partial charge in [-0.1, -0.05) is 36.2 Å². The van der Waals surface area contributed by atoms with Crippen LogP contribution in [-0.4, -0.2) is 30.9 Å². The van der Waals surface area contributed by atoms with E-state index in [0.717, 1.165) is 12.0 Å². The predicted octanol–water partition coefficient (Wildman–Crippen LogP) is 3.51. The molecule has 106 valence electrons. The molecule has 0 fully saturated rings. The number of amides is 1. The van der Waals surface area contributed by atoms with Gasteiger partial charge in [-0.3, -0.25) is 10.1 Å². The van der Waals surface area contributed by atoms with Crippen molar-refractivity contribution in [3.63, 3.8) is 0 Å². The second-order valence-electron chi connectivity index (χ2n) is 4.75. The van der Waals surface area contributed by atoms with Crippen molar-refractivity contribution in [1.82, 2.24) is 10.2 Å². The number of carbonyl (C=O) groups excluding carboxylic acids is 1. The molecule has 1 aromatic carbocycles. The van der Waals surface area contributed by atoms with Gasteiger partial charge in [0.25, 0.3) is 0 Å². The van der Waals surface area contributed by atoms with Gasteiger partial charge in [0.05, 0.1) is 6.04 Å². The van der Waals surface area contributed by atoms with Gasteiger partial charge in [-0.05, 0) is 31.0 Å². The first-order valence-electron chi connectivity index (χ1n) is 6.29. The summed E-state index contributed by atoms with van der Waals surface area (Å²) >= 11 is 12.1. The van der Waals surface area contributed by atoms with Gasteiger partial charge in [0.1, 0.15) is 0 Å². The number of rotatable bonds is 5. The molecule has 0 aliphatic carbocycles. The lowest BCUT2D eigenvalue weighted by molar-refractivity contribution is -0.130. The van der Waals surface area contributed by atoms with E-state index in [1.165, 1.54) is 0 Å². The molecule has 0 aliphatic rings. The Morgan fingerprint density at radius 2 is 2.00 bits per heavy atom. The number of benzene rings is 1. The van der Waals surface area contributed by atoms with Gasteiger partial charge in [-0.2, -0.15) is 0 Å². The fourth-order valence-corrected chi connectivity index (χ4v) is 2.51. The van der Waals surface area contributed by atoms with Gasteiger partial charge in [0, 0.05) is 30.2 Å². The maximum Gasteiger partial charge on any atom is 0.238 e. The molecule has 2 atom stereocenters. The summed E-state index contributed by atoms with van der Waals surface area (Å²) < 4.78 is 0. The maximum atomic E-state index is 11.9. The highest BCUT2D eigenvalue weighted by atomic mass is 35.5. The van der Waals surface area contributed by atoms with Gasteiger partial charge < -0.3 is 4.90 Å². The zero-order valence-electron chi connectivity index (χ0n) is 11.7. The zero-order valence-corrected chi connectivity index (χ0v) is 13.2. The summed E-state index contributed by atoms with van der Waals surface area (Å²) in [6.45, 7) is 3.91. The van der Waals surface area contributed by atoms with Crippen LogP contribution in [0.2, 0.25) is 10.0 Å². The average Bonchev–Trinajstić information content (AvgIpc) is 2.35. The van der Waals surface area contributed by atoms with Crippen LogP contribution >= 0.6 is 23.2 Å². The van der Waals surface area contributed by atoms with Crippen molar-refractivity contribution in [1.29, 1.82) is 0 Å². The van der Waals surface area contributed by atoms with Crippen molar-refractivity contribution in [2.45, 2.75) is 32.4 Å². The standard InChI is InChI=1S/C14H20Cl2N2O/c1-5-13(17-9(2)14(19)18(3)4)11-7-6-10(15)8-12(11)16/h6-9,13,17H,5H2,1-4H3. The fraction of sp³-hybridized carbons (Fsp3) is 0.500. The van der Waals surface area contributed by atoms with Crippen molar-refractivity contribution in [2.75, 3.05) is 14.1 Å². The Morgan fingerprint density at radius 1 is 1.37 bits per heavy atom. The van der Waals surface area contributed by atoms with E-state index in [1.807, 2.05) is 19.1 Å². The topological polar surface area (TPSA) is 32.3 Å². The molecular formula is C14H20Cl2N2O. The monoisotopic (exact) mass is 302 g/mol. The first-order valence-corrected chi connectivity index (χ1v) is 7.04. The van der Waals surface area contributed by atoms with Crippen molar-refractivity contribution < 1.29 is 4.79 Å². The number of nitrogens with zero attached hydrogens (tertiary/aromatic N) is 1. The Balaban J connectivity index is 2.86. The highest BCUT2D eigenvalue weighted by molar-refractivity contribution is 6.35. The summed E-state index contributed by atoms with van der Waals surface area (Å²) in [5.41, 5.74) is 0.965. The molecule has 0 radical (unpaired) electrons. The number of carbonyl (C=O) groups is 1. The summed E-state index contributed by atoms with van der Waals surface area (Å²) in [6, 6.07) is 5.21. The van der Waals surface area contributed by atoms with Crippen molar-refractivity contribution >= 4 is 29.1 Å². The smallest absolute Gasteiger partial charge is 0.238 e. The molecule has 0 spiro atoms. The van der Waals surface area contributed by atoms with Crippen LogP contribution in [0.5, 0.6) is 0 Å². The third-order valence-corrected chi connectivity index (χ3v) is 3.57. The molecule has 0 bridgehead atoms. The van der Waals surface area contributed by atoms with E-state index < -0.39 is 0 Å². The van der Waals surface area contributed by atoms with Crippen LogP contribution in [0, 0.1) is 0 Å². The number of halogens is 2. The van der Waals surface area contributed by atoms with Gasteiger partial charge in [0.2, 0.25) is 5.91 Å². The molecule has 19 heavy (non-hydrogen) atoms. The van der Waals surface area contributed by atoms with Crippen LogP contribution < -0.4 is 5.32 Å². The third kappa shape index (κ3) is 4.37. The largest absolute Gasteiger partial charge is 0.347 e. The molecule has 0 saturated carbocycles. The molecular weight excluding hydrogens is 283 g/mol. The van der Waals surface area contributed by atoms with Gasteiger partial charge in [0.15, 0.2) is 0 Å². The van der Waals surface area contributed by atoms with E-state index in [0.29, 0.717) is 10.0 Å². The SMILES string of the molecule is CCC(NC(C)C(=O)N(C)C)c1ccc(Cl)cc1Cl. The maximum absolute atomic E-state index is 11.9. The minimum Gasteiger partial charge on any atom is -0.347 e. The summed E-state index contributed by atoms with van der Waals surface area (Å²) in [4.78, 5) is 13.5. The Hall–Kier alpha value is -0.770. The first-order chi connectivity index (χ1) is 8.86. The lowest BCUT2D eigenvalue weighted by Crippen LogP contribution is -2.43. The zero-order chi connectivity index (χ0) is 14.6. The Labute approximate surface area is 124 Å². The van der Waals surface area contributed by atoms with Crippen LogP contribution in [0.15, 0.2) is 18.2 Å². The van der Waals surface area contributed by atoms with Gasteiger partial charge in [-0.15, -0.1) is 0 Å². The van der Waals surface area contributed by atoms with Crippen LogP contribution in [0.1, 0.15) is 31.9 Å². The average molecular weight is 303 g/mol. The van der Waals surface area contributed by atoms with Gasteiger partial charge >= 0.3 is 0 Å². The van der Waals surface area contributed by atoms with Gasteiger partial charge in [-0.25, -0.2) is 0 Å². The summed E-state index contributed by atoms with van der Waals surface area (Å²) in [5, 5.41) is 4.54. The minimum atomic E-state index is -0.258. The quantitative estimate of drug-likeness (QED) is 0.903. The lowest BCUT2D eigenvalue weighted by Gasteiger charge is -2.25. The summed E-state index contributed by atoms with van der Waals surface area (Å²) in [7, 11) is 3.49. The van der Waals surface area contributed by atoms with Crippen molar-refractivity contribution in [2.24, 2.45) is 0 Å². The Morgan fingerprint density at radius 3 is 2.47 bits per heavy atom. The number of nitrogens with one attached hydrogen (secondary N) is 1. The molecule has 0 saturated heterocycles. The third-order valence-electron chi connectivity index (χ3n) is 3.01. The van der Waals surface area contributed by atoms with E-state index in [2.05, 4.69) is 12.2 Å². The van der Waals surface area contributed by atoms with E-state index in [9.17, 15) is 4.79 Å². The number of likely N-dealkylation sites (N-methyl/N-ethyl adjacent to an activating group) is 1. The molecule has 5 heteroatoms. The fourth-order valence-electron chi connectivity index (χ4n) is 1.97. The molecule has 2 unspecified atom stereocenters. The Kier molecular flexibility index (Phi) is 6.11.